The number of aromatic nitrogens is 4. The van der Waals surface area contributed by atoms with Crippen LogP contribution >= 0.6 is 0 Å². The maximum Gasteiger partial charge on any atom is 0.160 e. The Kier molecular flexibility index (Phi) is 7.44. The van der Waals surface area contributed by atoms with Gasteiger partial charge in [-0.15, -0.1) is 0 Å². The highest BCUT2D eigenvalue weighted by atomic mass is 16.3. The number of nitrogens with zero attached hydrogens (tertiary/aromatic N) is 4. The average molecular weight is 853 g/mol. The largest absolute Gasteiger partial charge is 0.455 e. The molecule has 0 radical (unpaired) electrons. The molecular formula is C62H36N4O. The highest BCUT2D eigenvalue weighted by Gasteiger charge is 2.21. The van der Waals surface area contributed by atoms with Gasteiger partial charge in [-0.2, -0.15) is 0 Å². The fourth-order valence-corrected chi connectivity index (χ4v) is 11.1. The molecular weight excluding hydrogens is 817 g/mol. The molecule has 0 atom stereocenters. The number of hydrogen-bond donors (Lipinski definition) is 0. The Hall–Kier alpha value is -9.06. The van der Waals surface area contributed by atoms with Crippen LogP contribution in [0.3, 0.4) is 0 Å². The van der Waals surface area contributed by atoms with Crippen LogP contribution < -0.4 is 0 Å². The summed E-state index contributed by atoms with van der Waals surface area (Å²) in [4.78, 5) is 10.5. The van der Waals surface area contributed by atoms with E-state index in [1.807, 2.05) is 18.2 Å². The van der Waals surface area contributed by atoms with Crippen LogP contribution in [-0.2, 0) is 0 Å². The molecule has 5 heteroatoms. The second-order valence-corrected chi connectivity index (χ2v) is 17.7. The molecule has 0 aliphatic carbocycles. The Morgan fingerprint density at radius 1 is 0.343 bits per heavy atom. The van der Waals surface area contributed by atoms with Crippen LogP contribution in [0.2, 0.25) is 0 Å². The molecule has 0 N–H and O–H groups in total. The SMILES string of the molecule is c1cc(-n2c3ccccc3c3cc4c(-n5c6ccccc6c6ccc7ccccc7c65)cccc4cc32)c2ccc(-c3nc(-c4cccc5c4oc4ccccc45)c4ccccc4n3)cc2c1. The van der Waals surface area contributed by atoms with Crippen molar-refractivity contribution in [3.63, 3.8) is 0 Å². The summed E-state index contributed by atoms with van der Waals surface area (Å²) in [7, 11) is 0. The lowest BCUT2D eigenvalue weighted by molar-refractivity contribution is 0.670. The number of hydrogen-bond acceptors (Lipinski definition) is 3. The predicted octanol–water partition coefficient (Wildman–Crippen LogP) is 16.5. The van der Waals surface area contributed by atoms with Gasteiger partial charge in [-0.3, -0.25) is 0 Å². The molecule has 4 heterocycles. The van der Waals surface area contributed by atoms with Crippen molar-refractivity contribution in [3.8, 4) is 34.0 Å². The molecule has 15 rings (SSSR count). The Bertz CT molecular complexity index is 4590. The van der Waals surface area contributed by atoms with Gasteiger partial charge in [-0.1, -0.05) is 158 Å². The van der Waals surface area contributed by atoms with Gasteiger partial charge in [0.2, 0.25) is 0 Å². The third-order valence-electron chi connectivity index (χ3n) is 14.1. The number of benzene rings is 11. The van der Waals surface area contributed by atoms with Crippen molar-refractivity contribution in [2.24, 2.45) is 0 Å². The fourth-order valence-electron chi connectivity index (χ4n) is 11.1. The minimum absolute atomic E-state index is 0.671. The summed E-state index contributed by atoms with van der Waals surface area (Å²) in [5, 5.41) is 15.2. The number of rotatable bonds is 4. The van der Waals surface area contributed by atoms with Crippen molar-refractivity contribution >= 4 is 109 Å². The molecule has 67 heavy (non-hydrogen) atoms. The first-order valence-corrected chi connectivity index (χ1v) is 22.8. The molecule has 0 amide bonds. The minimum Gasteiger partial charge on any atom is -0.455 e. The van der Waals surface area contributed by atoms with E-state index in [9.17, 15) is 0 Å². The third-order valence-corrected chi connectivity index (χ3v) is 14.1. The van der Waals surface area contributed by atoms with Gasteiger partial charge in [-0.25, -0.2) is 9.97 Å². The Morgan fingerprint density at radius 2 is 0.970 bits per heavy atom. The smallest absolute Gasteiger partial charge is 0.160 e. The molecule has 0 aliphatic rings. The predicted molar refractivity (Wildman–Crippen MR) is 279 cm³/mol. The molecule has 0 saturated carbocycles. The maximum absolute atomic E-state index is 6.53. The normalized spacial score (nSPS) is 12.2. The van der Waals surface area contributed by atoms with Gasteiger partial charge in [0.25, 0.3) is 0 Å². The molecule has 310 valence electrons. The lowest BCUT2D eigenvalue weighted by Crippen LogP contribution is -1.98. The van der Waals surface area contributed by atoms with Gasteiger partial charge in [-0.05, 0) is 76.8 Å². The lowest BCUT2D eigenvalue weighted by atomic mass is 10.0. The fraction of sp³-hybridized carbons (Fsp3) is 0. The summed E-state index contributed by atoms with van der Waals surface area (Å²) in [5.41, 5.74) is 12.4. The van der Waals surface area contributed by atoms with E-state index in [0.717, 1.165) is 77.2 Å². The topological polar surface area (TPSA) is 48.8 Å². The standard InChI is InChI=1S/C62H36N4O/c1-2-17-42-37(14-1)30-33-46-43-18-4-9-26-55(43)66(60(42)46)56-28-12-16-39-35-57-51(36-50(39)56)44-19-5-8-25-54(44)65(57)53-27-11-15-38-34-40(31-32-41(38)53)62-63-52-24-7-3-21-48(52)59(64-62)49-23-13-22-47-45-20-6-10-29-58(45)67-61(47)49/h1-36H. The zero-order valence-corrected chi connectivity index (χ0v) is 36.0. The van der Waals surface area contributed by atoms with E-state index in [2.05, 4.69) is 209 Å². The molecule has 0 unspecified atom stereocenters. The minimum atomic E-state index is 0.671. The van der Waals surface area contributed by atoms with Crippen molar-refractivity contribution in [3.05, 3.63) is 218 Å². The third kappa shape index (κ3) is 5.19. The van der Waals surface area contributed by atoms with Gasteiger partial charge in [0.1, 0.15) is 11.2 Å². The molecule has 15 aromatic rings. The van der Waals surface area contributed by atoms with E-state index in [1.165, 1.54) is 59.8 Å². The summed E-state index contributed by atoms with van der Waals surface area (Å²) >= 11 is 0. The first kappa shape index (κ1) is 36.3. The number of furan rings is 1. The highest BCUT2D eigenvalue weighted by Crippen LogP contribution is 2.43. The molecule has 4 aromatic heterocycles. The first-order chi connectivity index (χ1) is 33.2. The van der Waals surface area contributed by atoms with Crippen molar-refractivity contribution in [1.29, 1.82) is 0 Å². The summed E-state index contributed by atoms with van der Waals surface area (Å²) in [6, 6.07) is 78.6. The van der Waals surface area contributed by atoms with Gasteiger partial charge in [0, 0.05) is 65.0 Å². The van der Waals surface area contributed by atoms with E-state index < -0.39 is 0 Å². The second kappa shape index (κ2) is 13.7. The summed E-state index contributed by atoms with van der Waals surface area (Å²) in [6.45, 7) is 0. The van der Waals surface area contributed by atoms with Crippen LogP contribution in [-0.4, -0.2) is 19.1 Å². The van der Waals surface area contributed by atoms with E-state index in [0.29, 0.717) is 5.82 Å². The van der Waals surface area contributed by atoms with E-state index in [4.69, 9.17) is 14.4 Å². The highest BCUT2D eigenvalue weighted by molar-refractivity contribution is 6.21. The molecule has 11 aromatic carbocycles. The van der Waals surface area contributed by atoms with Crippen LogP contribution in [0.5, 0.6) is 0 Å². The molecule has 0 fully saturated rings. The zero-order chi connectivity index (χ0) is 43.7. The first-order valence-electron chi connectivity index (χ1n) is 22.8. The average Bonchev–Trinajstić information content (AvgIpc) is 4.05. The van der Waals surface area contributed by atoms with Crippen molar-refractivity contribution in [2.45, 2.75) is 0 Å². The van der Waals surface area contributed by atoms with Crippen molar-refractivity contribution < 1.29 is 4.42 Å². The number of fused-ring (bicyclic) bond motifs is 14. The lowest BCUT2D eigenvalue weighted by Gasteiger charge is -2.15. The van der Waals surface area contributed by atoms with Crippen LogP contribution in [0.4, 0.5) is 0 Å². The Labute approximate surface area is 383 Å². The van der Waals surface area contributed by atoms with Gasteiger partial charge < -0.3 is 13.6 Å². The van der Waals surface area contributed by atoms with E-state index in [1.54, 1.807) is 0 Å². The van der Waals surface area contributed by atoms with Gasteiger partial charge in [0.05, 0.1) is 44.7 Å². The summed E-state index contributed by atoms with van der Waals surface area (Å²) < 4.78 is 11.5. The van der Waals surface area contributed by atoms with E-state index in [-0.39, 0.29) is 0 Å². The molecule has 5 nitrogen and oxygen atoms in total. The Morgan fingerprint density at radius 3 is 1.82 bits per heavy atom. The van der Waals surface area contributed by atoms with E-state index >= 15 is 0 Å². The molecule has 0 saturated heterocycles. The zero-order valence-electron chi connectivity index (χ0n) is 36.0. The Balaban J connectivity index is 0.920. The quantitative estimate of drug-likeness (QED) is 0.177. The van der Waals surface area contributed by atoms with Gasteiger partial charge >= 0.3 is 0 Å². The molecule has 0 bridgehead atoms. The molecule has 0 spiro atoms. The van der Waals surface area contributed by atoms with Crippen LogP contribution in [0.1, 0.15) is 0 Å². The number of para-hydroxylation sites is 5. The summed E-state index contributed by atoms with van der Waals surface area (Å²) in [6.07, 6.45) is 0. The maximum atomic E-state index is 6.53. The van der Waals surface area contributed by atoms with Gasteiger partial charge in [0.15, 0.2) is 5.82 Å². The second-order valence-electron chi connectivity index (χ2n) is 17.7. The van der Waals surface area contributed by atoms with Crippen LogP contribution in [0.25, 0.3) is 143 Å². The van der Waals surface area contributed by atoms with Crippen molar-refractivity contribution in [2.75, 3.05) is 0 Å². The van der Waals surface area contributed by atoms with Crippen LogP contribution in [0.15, 0.2) is 223 Å². The van der Waals surface area contributed by atoms with Crippen molar-refractivity contribution in [1.82, 2.24) is 19.1 Å². The molecule has 0 aliphatic heterocycles. The summed E-state index contributed by atoms with van der Waals surface area (Å²) in [5.74, 6) is 0.671. The monoisotopic (exact) mass is 852 g/mol. The van der Waals surface area contributed by atoms with Crippen LogP contribution in [0, 0.1) is 0 Å².